The lowest BCUT2D eigenvalue weighted by atomic mass is 9.68. The zero-order valence-corrected chi connectivity index (χ0v) is 11.5. The molecule has 5 heteroatoms. The maximum Gasteiger partial charge on any atom is 0.309 e. The lowest BCUT2D eigenvalue weighted by molar-refractivity contribution is -0.384. The number of carboxylic acid groups (broad SMARTS) is 1. The lowest BCUT2D eigenvalue weighted by Crippen LogP contribution is -2.37. The predicted octanol–water partition coefficient (Wildman–Crippen LogP) is 3.42. The van der Waals surface area contributed by atoms with Crippen LogP contribution in [0.25, 0.3) is 0 Å². The van der Waals surface area contributed by atoms with Crippen molar-refractivity contribution in [2.24, 2.45) is 11.3 Å². The first-order chi connectivity index (χ1) is 9.43. The average molecular weight is 277 g/mol. The van der Waals surface area contributed by atoms with Crippen LogP contribution in [0.15, 0.2) is 24.3 Å². The third-order valence-corrected chi connectivity index (χ3v) is 4.35. The Morgan fingerprint density at radius 3 is 2.65 bits per heavy atom. The summed E-state index contributed by atoms with van der Waals surface area (Å²) in [7, 11) is 0. The molecule has 1 aromatic carbocycles. The van der Waals surface area contributed by atoms with Gasteiger partial charge in [0.15, 0.2) is 0 Å². The summed E-state index contributed by atoms with van der Waals surface area (Å²) in [6.07, 6.45) is 3.47. The molecule has 108 valence electrons. The van der Waals surface area contributed by atoms with E-state index in [4.69, 9.17) is 0 Å². The van der Waals surface area contributed by atoms with Crippen LogP contribution in [0.2, 0.25) is 0 Å². The van der Waals surface area contributed by atoms with E-state index in [1.54, 1.807) is 12.1 Å². The van der Waals surface area contributed by atoms with Gasteiger partial charge in [0.25, 0.3) is 5.69 Å². The number of carboxylic acids is 1. The van der Waals surface area contributed by atoms with Gasteiger partial charge in [0, 0.05) is 12.1 Å². The molecule has 1 fully saturated rings. The molecule has 0 saturated heterocycles. The van der Waals surface area contributed by atoms with Gasteiger partial charge in [0.1, 0.15) is 0 Å². The molecule has 20 heavy (non-hydrogen) atoms. The highest BCUT2D eigenvalue weighted by molar-refractivity contribution is 5.75. The van der Waals surface area contributed by atoms with Crippen LogP contribution in [0.5, 0.6) is 0 Å². The van der Waals surface area contributed by atoms with Crippen molar-refractivity contribution in [2.45, 2.75) is 39.0 Å². The summed E-state index contributed by atoms with van der Waals surface area (Å²) in [6, 6.07) is 6.31. The van der Waals surface area contributed by atoms with Gasteiger partial charge in [-0.15, -0.1) is 0 Å². The van der Waals surface area contributed by atoms with E-state index in [-0.39, 0.29) is 5.69 Å². The Morgan fingerprint density at radius 2 is 2.10 bits per heavy atom. The van der Waals surface area contributed by atoms with E-state index in [9.17, 15) is 20.0 Å². The minimum absolute atomic E-state index is 0.0206. The largest absolute Gasteiger partial charge is 0.481 e. The first-order valence-electron chi connectivity index (χ1n) is 6.90. The summed E-state index contributed by atoms with van der Waals surface area (Å²) < 4.78 is 0. The highest BCUT2D eigenvalue weighted by atomic mass is 16.6. The van der Waals surface area contributed by atoms with Crippen LogP contribution in [0, 0.1) is 21.4 Å². The number of hydrogen-bond acceptors (Lipinski definition) is 3. The van der Waals surface area contributed by atoms with Crippen molar-refractivity contribution in [3.05, 3.63) is 39.9 Å². The molecule has 1 aliphatic rings. The van der Waals surface area contributed by atoms with Crippen molar-refractivity contribution in [2.75, 3.05) is 0 Å². The van der Waals surface area contributed by atoms with Crippen molar-refractivity contribution in [1.82, 2.24) is 0 Å². The molecule has 0 heterocycles. The summed E-state index contributed by atoms with van der Waals surface area (Å²) in [5.74, 6) is -0.219. The average Bonchev–Trinajstić information content (AvgIpc) is 2.41. The fraction of sp³-hybridized carbons (Fsp3) is 0.533. The highest BCUT2D eigenvalue weighted by Gasteiger charge is 2.41. The van der Waals surface area contributed by atoms with Crippen LogP contribution in [0.4, 0.5) is 5.69 Å². The normalized spacial score (nSPS) is 26.1. The van der Waals surface area contributed by atoms with E-state index in [2.05, 4.69) is 6.92 Å². The third kappa shape index (κ3) is 2.98. The maximum atomic E-state index is 11.7. The van der Waals surface area contributed by atoms with E-state index in [0.717, 1.165) is 18.4 Å². The number of hydrogen-bond donors (Lipinski definition) is 1. The molecule has 5 nitrogen and oxygen atoms in total. The third-order valence-electron chi connectivity index (χ3n) is 4.35. The standard InChI is InChI=1S/C15H19NO4/c1-11-5-7-15(8-6-11,14(17)18)10-12-3-2-4-13(9-12)16(19)20/h2-4,9,11H,5-8,10H2,1H3,(H,17,18). The molecule has 1 aliphatic carbocycles. The van der Waals surface area contributed by atoms with Gasteiger partial charge in [-0.3, -0.25) is 14.9 Å². The zero-order valence-electron chi connectivity index (χ0n) is 11.5. The van der Waals surface area contributed by atoms with Gasteiger partial charge in [-0.05, 0) is 43.6 Å². The molecule has 0 aromatic heterocycles. The number of non-ortho nitro benzene ring substituents is 1. The van der Waals surface area contributed by atoms with Crippen molar-refractivity contribution in [1.29, 1.82) is 0 Å². The Hall–Kier alpha value is -1.91. The van der Waals surface area contributed by atoms with Crippen molar-refractivity contribution >= 4 is 11.7 Å². The lowest BCUT2D eigenvalue weighted by Gasteiger charge is -2.35. The van der Waals surface area contributed by atoms with Gasteiger partial charge < -0.3 is 5.11 Å². The van der Waals surface area contributed by atoms with E-state index in [1.165, 1.54) is 12.1 Å². The number of nitrogens with zero attached hydrogens (tertiary/aromatic N) is 1. The van der Waals surface area contributed by atoms with Gasteiger partial charge in [0.2, 0.25) is 0 Å². The first-order valence-corrected chi connectivity index (χ1v) is 6.90. The molecule has 0 aliphatic heterocycles. The predicted molar refractivity (Wildman–Crippen MR) is 74.5 cm³/mol. The second-order valence-electron chi connectivity index (χ2n) is 5.87. The van der Waals surface area contributed by atoms with Gasteiger partial charge in [-0.1, -0.05) is 19.1 Å². The Labute approximate surface area is 117 Å². The van der Waals surface area contributed by atoms with Gasteiger partial charge in [-0.25, -0.2) is 0 Å². The molecule has 2 rings (SSSR count). The topological polar surface area (TPSA) is 80.4 Å². The zero-order chi connectivity index (χ0) is 14.8. The van der Waals surface area contributed by atoms with Crippen LogP contribution in [0.3, 0.4) is 0 Å². The van der Waals surface area contributed by atoms with E-state index < -0.39 is 16.3 Å². The Morgan fingerprint density at radius 1 is 1.45 bits per heavy atom. The molecule has 1 saturated carbocycles. The van der Waals surface area contributed by atoms with Crippen LogP contribution < -0.4 is 0 Å². The molecule has 1 aromatic rings. The smallest absolute Gasteiger partial charge is 0.309 e. The molecule has 0 atom stereocenters. The summed E-state index contributed by atoms with van der Waals surface area (Å²) >= 11 is 0. The molecular weight excluding hydrogens is 258 g/mol. The number of carbonyl (C=O) groups is 1. The molecule has 0 radical (unpaired) electrons. The van der Waals surface area contributed by atoms with Crippen LogP contribution in [-0.2, 0) is 11.2 Å². The summed E-state index contributed by atoms with van der Waals surface area (Å²) in [4.78, 5) is 22.0. The highest BCUT2D eigenvalue weighted by Crippen LogP contribution is 2.42. The number of aliphatic carboxylic acids is 1. The van der Waals surface area contributed by atoms with E-state index in [1.807, 2.05) is 0 Å². The second-order valence-corrected chi connectivity index (χ2v) is 5.87. The first kappa shape index (κ1) is 14.5. The maximum absolute atomic E-state index is 11.7. The van der Waals surface area contributed by atoms with Gasteiger partial charge in [-0.2, -0.15) is 0 Å². The minimum atomic E-state index is -0.782. The molecule has 0 spiro atoms. The van der Waals surface area contributed by atoms with Crippen molar-refractivity contribution in [3.63, 3.8) is 0 Å². The van der Waals surface area contributed by atoms with Gasteiger partial charge in [0.05, 0.1) is 10.3 Å². The minimum Gasteiger partial charge on any atom is -0.481 e. The monoisotopic (exact) mass is 277 g/mol. The van der Waals surface area contributed by atoms with Crippen molar-refractivity contribution in [3.8, 4) is 0 Å². The Balaban J connectivity index is 2.23. The number of benzene rings is 1. The second kappa shape index (κ2) is 5.61. The SMILES string of the molecule is CC1CCC(Cc2cccc([N+](=O)[O-])c2)(C(=O)O)CC1. The Kier molecular flexibility index (Phi) is 4.06. The fourth-order valence-corrected chi connectivity index (χ4v) is 2.95. The number of rotatable bonds is 4. The summed E-state index contributed by atoms with van der Waals surface area (Å²) in [6.45, 7) is 2.14. The molecular formula is C15H19NO4. The molecule has 1 N–H and O–H groups in total. The van der Waals surface area contributed by atoms with Crippen LogP contribution in [-0.4, -0.2) is 16.0 Å². The number of nitro benzene ring substituents is 1. The van der Waals surface area contributed by atoms with E-state index in [0.29, 0.717) is 25.2 Å². The molecule has 0 amide bonds. The quantitative estimate of drug-likeness (QED) is 0.675. The summed E-state index contributed by atoms with van der Waals surface area (Å²) in [5.41, 5.74) is -0.00905. The Bertz CT molecular complexity index is 518. The summed E-state index contributed by atoms with van der Waals surface area (Å²) in [5, 5.41) is 20.4. The molecule has 0 unspecified atom stereocenters. The van der Waals surface area contributed by atoms with Crippen LogP contribution in [0.1, 0.15) is 38.2 Å². The van der Waals surface area contributed by atoms with E-state index >= 15 is 0 Å². The number of nitro groups is 1. The van der Waals surface area contributed by atoms with Crippen LogP contribution >= 0.6 is 0 Å². The van der Waals surface area contributed by atoms with Crippen molar-refractivity contribution < 1.29 is 14.8 Å². The van der Waals surface area contributed by atoms with Gasteiger partial charge >= 0.3 is 5.97 Å². The molecule has 0 bridgehead atoms. The fourth-order valence-electron chi connectivity index (χ4n) is 2.95.